The molecule has 2 fully saturated rings. The zero-order chi connectivity index (χ0) is 41.0. The standard InChI is InChI=1S/C20H26F3N3O3S.C13H13NO.C7H16N2O2S/c21-20(22,23)12-26-9-7-15(8-10-26)30(28,29)25-19(27)24-18-16-5-1-3-13(16)11-14-4-2-6-17(14)18;14-8-15-13-11-5-1-3-9(11)7-10-4-2-6-12(10)13;1-2-9-5-3-7(4-6-9)12(8,10)11/h11,15H,1-10,12H2,(H2,24,25,27);7H,1-6H2;7H,2-6H2,1H3,(H2,8,10,11). The highest BCUT2D eigenvalue weighted by atomic mass is 32.2. The Kier molecular flexibility index (Phi) is 13.8. The fourth-order valence-corrected chi connectivity index (χ4v) is 11.6. The lowest BCUT2D eigenvalue weighted by Crippen LogP contribution is -2.47. The Balaban J connectivity index is 0.000000168. The van der Waals surface area contributed by atoms with Gasteiger partial charge in [0.25, 0.3) is 6.26 Å². The lowest BCUT2D eigenvalue weighted by molar-refractivity contribution is -0.147. The van der Waals surface area contributed by atoms with Gasteiger partial charge in [-0.05, 0) is 180 Å². The molecular formula is C40H55F3N6O6S2. The lowest BCUT2D eigenvalue weighted by Gasteiger charge is -2.31. The number of carbonyl (C=O) groups is 1. The summed E-state index contributed by atoms with van der Waals surface area (Å²) in [4.78, 5) is 16.0. The number of urea groups is 1. The fraction of sp³-hybridized carbons (Fsp3) is 0.650. The van der Waals surface area contributed by atoms with Crippen LogP contribution in [-0.2, 0) is 71.4 Å². The van der Waals surface area contributed by atoms with E-state index in [9.17, 15) is 34.8 Å². The second kappa shape index (κ2) is 18.2. The molecule has 4 N–H and O–H groups in total. The number of hydrogen-bond donors (Lipinski definition) is 3. The Hall–Kier alpha value is -3.43. The number of nitrogens with one attached hydrogen (secondary N) is 2. The number of likely N-dealkylation sites (tertiary alicyclic amines) is 2. The summed E-state index contributed by atoms with van der Waals surface area (Å²) in [6.45, 7) is 3.82. The molecule has 0 radical (unpaired) electrons. The van der Waals surface area contributed by atoms with Gasteiger partial charge in [0, 0.05) is 5.69 Å². The predicted molar refractivity (Wildman–Crippen MR) is 212 cm³/mol. The number of primary sulfonamides is 1. The number of rotatable bonds is 7. The van der Waals surface area contributed by atoms with Crippen molar-refractivity contribution in [3.05, 3.63) is 56.6 Å². The first-order valence-electron chi connectivity index (χ1n) is 20.3. The number of nitrogens with two attached hydrogens (primary N) is 1. The van der Waals surface area contributed by atoms with Crippen molar-refractivity contribution in [2.75, 3.05) is 44.6 Å². The molecule has 2 amide bonds. The molecule has 17 heteroatoms. The van der Waals surface area contributed by atoms with Crippen LogP contribution in [-0.4, -0.2) is 88.6 Å². The van der Waals surface area contributed by atoms with Crippen molar-refractivity contribution in [1.29, 1.82) is 5.26 Å². The second-order valence-electron chi connectivity index (χ2n) is 16.0. The monoisotopic (exact) mass is 836 g/mol. The van der Waals surface area contributed by atoms with Crippen LogP contribution in [0.3, 0.4) is 0 Å². The summed E-state index contributed by atoms with van der Waals surface area (Å²) in [7, 11) is -7.25. The van der Waals surface area contributed by atoms with Crippen molar-refractivity contribution < 1.29 is 39.5 Å². The molecular weight excluding hydrogens is 782 g/mol. The van der Waals surface area contributed by atoms with E-state index >= 15 is 0 Å². The van der Waals surface area contributed by atoms with E-state index in [-0.39, 0.29) is 31.2 Å². The first-order valence-corrected chi connectivity index (χ1v) is 23.5. The van der Waals surface area contributed by atoms with Crippen LogP contribution in [0.5, 0.6) is 5.75 Å². The molecule has 2 aromatic carbocycles. The van der Waals surface area contributed by atoms with E-state index in [1.54, 1.807) is 0 Å². The third-order valence-corrected chi connectivity index (χ3v) is 15.6. The van der Waals surface area contributed by atoms with Crippen molar-refractivity contribution in [2.45, 2.75) is 126 Å². The van der Waals surface area contributed by atoms with Crippen LogP contribution in [0.15, 0.2) is 12.1 Å². The lowest BCUT2D eigenvalue weighted by atomic mass is 9.99. The van der Waals surface area contributed by atoms with Gasteiger partial charge in [-0.1, -0.05) is 19.1 Å². The van der Waals surface area contributed by atoms with Gasteiger partial charge in [-0.25, -0.2) is 31.5 Å². The highest BCUT2D eigenvalue weighted by molar-refractivity contribution is 7.90. The Morgan fingerprint density at radius 2 is 1.21 bits per heavy atom. The van der Waals surface area contributed by atoms with Gasteiger partial charge in [-0.3, -0.25) is 4.90 Å². The molecule has 4 aliphatic carbocycles. The number of nitriles is 1. The smallest absolute Gasteiger partial charge is 0.387 e. The first kappa shape index (κ1) is 43.2. The van der Waals surface area contributed by atoms with Crippen LogP contribution < -0.4 is 19.9 Å². The predicted octanol–water partition coefficient (Wildman–Crippen LogP) is 5.43. The van der Waals surface area contributed by atoms with Crippen LogP contribution in [0.4, 0.5) is 23.7 Å². The molecule has 12 nitrogen and oxygen atoms in total. The summed E-state index contributed by atoms with van der Waals surface area (Å²) >= 11 is 0. The van der Waals surface area contributed by atoms with Gasteiger partial charge >= 0.3 is 12.2 Å². The van der Waals surface area contributed by atoms with Crippen LogP contribution >= 0.6 is 0 Å². The van der Waals surface area contributed by atoms with Gasteiger partial charge in [0.15, 0.2) is 0 Å². The van der Waals surface area contributed by atoms with Gasteiger partial charge in [0.1, 0.15) is 5.75 Å². The maximum absolute atomic E-state index is 12.6. The van der Waals surface area contributed by atoms with E-state index in [0.717, 1.165) is 106 Å². The van der Waals surface area contributed by atoms with E-state index in [0.29, 0.717) is 12.8 Å². The number of amides is 2. The van der Waals surface area contributed by atoms with Crippen molar-refractivity contribution in [2.24, 2.45) is 5.14 Å². The highest BCUT2D eigenvalue weighted by Crippen LogP contribution is 2.41. The van der Waals surface area contributed by atoms with E-state index in [4.69, 9.17) is 15.1 Å². The van der Waals surface area contributed by atoms with Gasteiger partial charge in [0.05, 0.1) is 17.0 Å². The quantitative estimate of drug-likeness (QED) is 0.308. The number of alkyl halides is 3. The summed E-state index contributed by atoms with van der Waals surface area (Å²) in [5, 5.41) is 15.4. The minimum Gasteiger partial charge on any atom is -0.387 e. The Morgan fingerprint density at radius 1 is 0.772 bits per heavy atom. The summed E-state index contributed by atoms with van der Waals surface area (Å²) in [5.74, 6) is 0.903. The average Bonchev–Trinajstić information content (AvgIpc) is 3.99. The molecule has 2 heterocycles. The number of halogens is 3. The number of benzene rings is 2. The third kappa shape index (κ3) is 10.8. The number of aryl methyl sites for hydroxylation is 4. The Labute approximate surface area is 334 Å². The minimum absolute atomic E-state index is 0.0341. The maximum Gasteiger partial charge on any atom is 0.401 e. The summed E-state index contributed by atoms with van der Waals surface area (Å²) in [5.41, 5.74) is 10.9. The van der Waals surface area contributed by atoms with E-state index in [1.807, 2.05) is 6.26 Å². The van der Waals surface area contributed by atoms with Crippen molar-refractivity contribution in [3.63, 3.8) is 0 Å². The van der Waals surface area contributed by atoms with Crippen LogP contribution in [0.25, 0.3) is 0 Å². The maximum atomic E-state index is 12.6. The minimum atomic E-state index is -4.31. The molecule has 0 bridgehead atoms. The molecule has 6 aliphatic rings. The topological polar surface area (TPSA) is 175 Å². The third-order valence-electron chi connectivity index (χ3n) is 12.3. The van der Waals surface area contributed by atoms with E-state index in [1.165, 1.54) is 51.1 Å². The molecule has 314 valence electrons. The fourth-order valence-electron chi connectivity index (χ4n) is 9.44. The Bertz CT molecular complexity index is 1990. The molecule has 0 saturated carbocycles. The number of ether oxygens (including phenoxy) is 1. The molecule has 2 aromatic rings. The average molecular weight is 837 g/mol. The summed E-state index contributed by atoms with van der Waals surface area (Å²) < 4.78 is 92.0. The van der Waals surface area contributed by atoms with E-state index in [2.05, 4.69) is 34.0 Å². The number of carbonyl (C=O) groups excluding carboxylic acids is 1. The molecule has 0 atom stereocenters. The van der Waals surface area contributed by atoms with Crippen molar-refractivity contribution in [1.82, 2.24) is 14.5 Å². The molecule has 0 spiro atoms. The van der Waals surface area contributed by atoms with Crippen LogP contribution in [0, 0.1) is 11.5 Å². The SMILES string of the molecule is CCN1CCC(S(N)(=O)=O)CC1.N#COc1c2c(cc3c1CCC3)CCC2.O=C(Nc1c2c(cc3c1CCC3)CCC2)NS(=O)(=O)C1CCN(CC(F)(F)F)CC1. The summed E-state index contributed by atoms with van der Waals surface area (Å²) in [6, 6.07) is 3.77. The van der Waals surface area contributed by atoms with Gasteiger partial charge < -0.3 is 15.0 Å². The summed E-state index contributed by atoms with van der Waals surface area (Å²) in [6.07, 6.45) is 11.6. The molecule has 0 aromatic heterocycles. The Morgan fingerprint density at radius 3 is 1.65 bits per heavy atom. The van der Waals surface area contributed by atoms with Gasteiger partial charge in [-0.15, -0.1) is 5.26 Å². The molecule has 8 rings (SSSR count). The normalized spacial score (nSPS) is 19.9. The number of anilines is 1. The van der Waals surface area contributed by atoms with Crippen molar-refractivity contribution >= 4 is 31.8 Å². The number of hydrogen-bond acceptors (Lipinski definition) is 9. The zero-order valence-electron chi connectivity index (χ0n) is 32.7. The zero-order valence-corrected chi connectivity index (χ0v) is 34.3. The van der Waals surface area contributed by atoms with E-state index < -0.39 is 44.0 Å². The highest BCUT2D eigenvalue weighted by Gasteiger charge is 2.37. The van der Waals surface area contributed by atoms with Crippen LogP contribution in [0.1, 0.15) is 103 Å². The molecule has 2 aliphatic heterocycles. The molecule has 0 unspecified atom stereocenters. The van der Waals surface area contributed by atoms with Gasteiger partial charge in [0.2, 0.25) is 20.0 Å². The number of fused-ring (bicyclic) bond motifs is 4. The second-order valence-corrected chi connectivity index (χ2v) is 19.8. The van der Waals surface area contributed by atoms with Gasteiger partial charge in [-0.2, -0.15) is 13.2 Å². The first-order chi connectivity index (χ1) is 27.1. The number of sulfonamides is 2. The van der Waals surface area contributed by atoms with Crippen molar-refractivity contribution in [3.8, 4) is 12.0 Å². The largest absolute Gasteiger partial charge is 0.401 e. The number of nitrogens with zero attached hydrogens (tertiary/aromatic N) is 3. The molecule has 57 heavy (non-hydrogen) atoms. The van der Waals surface area contributed by atoms with Crippen LogP contribution in [0.2, 0.25) is 0 Å². The molecule has 2 saturated heterocycles. The number of piperidine rings is 2.